The highest BCUT2D eigenvalue weighted by Gasteiger charge is 2.37. The molecule has 0 aromatic carbocycles. The first-order valence-corrected chi connectivity index (χ1v) is 5.82. The van der Waals surface area contributed by atoms with E-state index >= 15 is 0 Å². The van der Waals surface area contributed by atoms with Gasteiger partial charge in [0.25, 0.3) is 0 Å². The number of nitrogens with zero attached hydrogens (tertiary/aromatic N) is 1. The summed E-state index contributed by atoms with van der Waals surface area (Å²) in [5.41, 5.74) is 0. The number of carboxylic acids is 1. The molecule has 0 bridgehead atoms. The molecule has 1 aliphatic heterocycles. The van der Waals surface area contributed by atoms with Crippen molar-refractivity contribution in [3.8, 4) is 0 Å². The van der Waals surface area contributed by atoms with Crippen molar-refractivity contribution in [3.05, 3.63) is 11.6 Å². The second-order valence-electron chi connectivity index (χ2n) is 4.04. The Morgan fingerprint density at radius 2 is 2.31 bits per heavy atom. The summed E-state index contributed by atoms with van der Waals surface area (Å²) >= 11 is 5.79. The molecule has 0 spiro atoms. The fraction of sp³-hybridized carbons (Fsp3) is 0.727. The standard InChI is InChI=1S/C11H18ClNO3/c1-3-4-13(5-8(2)12)10-7-16-6-9(10)11(14)15/h9-10H,2-7H2,1H3,(H,14,15). The molecule has 1 N–H and O–H groups in total. The summed E-state index contributed by atoms with van der Waals surface area (Å²) in [6.45, 7) is 7.78. The van der Waals surface area contributed by atoms with E-state index in [0.717, 1.165) is 13.0 Å². The number of ether oxygens (including phenoxy) is 1. The van der Waals surface area contributed by atoms with Gasteiger partial charge in [-0.2, -0.15) is 0 Å². The molecule has 0 saturated carbocycles. The molecule has 0 radical (unpaired) electrons. The van der Waals surface area contributed by atoms with E-state index in [4.69, 9.17) is 21.4 Å². The lowest BCUT2D eigenvalue weighted by Gasteiger charge is -2.29. The van der Waals surface area contributed by atoms with Crippen molar-refractivity contribution in [2.75, 3.05) is 26.3 Å². The third kappa shape index (κ3) is 3.47. The Kier molecular flexibility index (Phi) is 5.25. The summed E-state index contributed by atoms with van der Waals surface area (Å²) in [5, 5.41) is 9.60. The Bertz CT molecular complexity index is 270. The minimum atomic E-state index is -0.802. The fourth-order valence-corrected chi connectivity index (χ4v) is 2.16. The number of halogens is 1. The van der Waals surface area contributed by atoms with Crippen LogP contribution in [0.1, 0.15) is 13.3 Å². The molecule has 1 saturated heterocycles. The van der Waals surface area contributed by atoms with Crippen LogP contribution in [0.3, 0.4) is 0 Å². The van der Waals surface area contributed by atoms with Gasteiger partial charge in [0, 0.05) is 17.6 Å². The van der Waals surface area contributed by atoms with Crippen LogP contribution in [0, 0.1) is 5.92 Å². The van der Waals surface area contributed by atoms with Crippen LogP contribution >= 0.6 is 11.6 Å². The summed E-state index contributed by atoms with van der Waals surface area (Å²) < 4.78 is 5.24. The SMILES string of the molecule is C=C(Cl)CN(CCC)C1COCC1C(=O)O. The normalized spacial score (nSPS) is 24.9. The van der Waals surface area contributed by atoms with Crippen molar-refractivity contribution in [1.82, 2.24) is 4.90 Å². The van der Waals surface area contributed by atoms with Gasteiger partial charge in [0.2, 0.25) is 0 Å². The van der Waals surface area contributed by atoms with E-state index in [1.54, 1.807) is 0 Å². The maximum atomic E-state index is 11.0. The quantitative estimate of drug-likeness (QED) is 0.774. The summed E-state index contributed by atoms with van der Waals surface area (Å²) in [4.78, 5) is 13.1. The zero-order valence-electron chi connectivity index (χ0n) is 9.49. The molecule has 5 heteroatoms. The smallest absolute Gasteiger partial charge is 0.310 e. The van der Waals surface area contributed by atoms with Crippen LogP contribution in [-0.4, -0.2) is 48.3 Å². The molecule has 1 rings (SSSR count). The van der Waals surface area contributed by atoms with Gasteiger partial charge in [-0.25, -0.2) is 0 Å². The highest BCUT2D eigenvalue weighted by atomic mass is 35.5. The van der Waals surface area contributed by atoms with Gasteiger partial charge in [-0.05, 0) is 13.0 Å². The lowest BCUT2D eigenvalue weighted by molar-refractivity contribution is -0.143. The van der Waals surface area contributed by atoms with Crippen LogP contribution in [-0.2, 0) is 9.53 Å². The van der Waals surface area contributed by atoms with E-state index in [2.05, 4.69) is 13.5 Å². The lowest BCUT2D eigenvalue weighted by atomic mass is 10.0. The highest BCUT2D eigenvalue weighted by molar-refractivity contribution is 6.29. The maximum absolute atomic E-state index is 11.0. The van der Waals surface area contributed by atoms with E-state index < -0.39 is 11.9 Å². The zero-order chi connectivity index (χ0) is 12.1. The van der Waals surface area contributed by atoms with Crippen molar-refractivity contribution in [2.24, 2.45) is 5.92 Å². The Hall–Kier alpha value is -0.580. The lowest BCUT2D eigenvalue weighted by Crippen LogP contribution is -2.44. The van der Waals surface area contributed by atoms with E-state index in [1.165, 1.54) is 0 Å². The molecule has 1 heterocycles. The summed E-state index contributed by atoms with van der Waals surface area (Å²) in [6, 6.07) is -0.0899. The molecule has 0 amide bonds. The van der Waals surface area contributed by atoms with E-state index in [1.807, 2.05) is 4.90 Å². The van der Waals surface area contributed by atoms with E-state index in [0.29, 0.717) is 18.2 Å². The van der Waals surface area contributed by atoms with Crippen molar-refractivity contribution in [2.45, 2.75) is 19.4 Å². The van der Waals surface area contributed by atoms with Crippen LogP contribution in [0.4, 0.5) is 0 Å². The Morgan fingerprint density at radius 3 is 2.81 bits per heavy atom. The van der Waals surface area contributed by atoms with E-state index in [9.17, 15) is 4.79 Å². The first kappa shape index (κ1) is 13.5. The minimum absolute atomic E-state index is 0.0899. The summed E-state index contributed by atoms with van der Waals surface area (Å²) in [6.07, 6.45) is 0.951. The molecule has 1 fully saturated rings. The molecule has 2 atom stereocenters. The van der Waals surface area contributed by atoms with Crippen molar-refractivity contribution >= 4 is 17.6 Å². The Balaban J connectivity index is 2.68. The number of carboxylic acid groups (broad SMARTS) is 1. The van der Waals surface area contributed by atoms with Crippen LogP contribution < -0.4 is 0 Å². The Morgan fingerprint density at radius 1 is 1.62 bits per heavy atom. The number of carbonyl (C=O) groups is 1. The molecule has 0 aromatic rings. The third-order valence-corrected chi connectivity index (χ3v) is 2.84. The van der Waals surface area contributed by atoms with Gasteiger partial charge in [-0.15, -0.1) is 0 Å². The number of rotatable bonds is 6. The van der Waals surface area contributed by atoms with Crippen molar-refractivity contribution in [1.29, 1.82) is 0 Å². The molecule has 4 nitrogen and oxygen atoms in total. The fourth-order valence-electron chi connectivity index (χ4n) is 2.01. The average Bonchev–Trinajstić information content (AvgIpc) is 2.64. The monoisotopic (exact) mass is 247 g/mol. The van der Waals surface area contributed by atoms with Crippen molar-refractivity contribution in [3.63, 3.8) is 0 Å². The van der Waals surface area contributed by atoms with Crippen LogP contribution in [0.15, 0.2) is 11.6 Å². The average molecular weight is 248 g/mol. The van der Waals surface area contributed by atoms with Gasteiger partial charge in [0.1, 0.15) is 0 Å². The first-order valence-electron chi connectivity index (χ1n) is 5.44. The molecule has 0 aliphatic carbocycles. The molecule has 2 unspecified atom stereocenters. The van der Waals surface area contributed by atoms with Crippen LogP contribution in [0.2, 0.25) is 0 Å². The number of hydrogen-bond acceptors (Lipinski definition) is 3. The predicted molar refractivity (Wildman–Crippen MR) is 62.6 cm³/mol. The topological polar surface area (TPSA) is 49.8 Å². The predicted octanol–water partition coefficient (Wildman–Crippen LogP) is 1.55. The van der Waals surface area contributed by atoms with Gasteiger partial charge in [0.15, 0.2) is 0 Å². The molecule has 1 aliphatic rings. The third-order valence-electron chi connectivity index (χ3n) is 2.72. The second kappa shape index (κ2) is 6.23. The molecule has 92 valence electrons. The highest BCUT2D eigenvalue weighted by Crippen LogP contribution is 2.21. The first-order chi connectivity index (χ1) is 7.56. The maximum Gasteiger partial charge on any atom is 0.310 e. The van der Waals surface area contributed by atoms with Gasteiger partial charge in [0.05, 0.1) is 19.1 Å². The van der Waals surface area contributed by atoms with Gasteiger partial charge >= 0.3 is 5.97 Å². The number of hydrogen-bond donors (Lipinski definition) is 1. The molecule has 0 aromatic heterocycles. The zero-order valence-corrected chi connectivity index (χ0v) is 10.2. The Labute approximate surface area is 101 Å². The minimum Gasteiger partial charge on any atom is -0.481 e. The number of aliphatic carboxylic acids is 1. The largest absolute Gasteiger partial charge is 0.481 e. The van der Waals surface area contributed by atoms with E-state index in [-0.39, 0.29) is 12.6 Å². The summed E-state index contributed by atoms with van der Waals surface area (Å²) in [7, 11) is 0. The van der Waals surface area contributed by atoms with Crippen LogP contribution in [0.5, 0.6) is 0 Å². The van der Waals surface area contributed by atoms with Crippen LogP contribution in [0.25, 0.3) is 0 Å². The van der Waals surface area contributed by atoms with Gasteiger partial charge in [-0.1, -0.05) is 25.1 Å². The molecular formula is C11H18ClNO3. The molecule has 16 heavy (non-hydrogen) atoms. The second-order valence-corrected chi connectivity index (χ2v) is 4.57. The molecular weight excluding hydrogens is 230 g/mol. The van der Waals surface area contributed by atoms with Gasteiger partial charge < -0.3 is 9.84 Å². The van der Waals surface area contributed by atoms with Crippen molar-refractivity contribution < 1.29 is 14.6 Å². The summed E-state index contributed by atoms with van der Waals surface area (Å²) in [5.74, 6) is -1.26. The van der Waals surface area contributed by atoms with Gasteiger partial charge in [-0.3, -0.25) is 9.69 Å².